The number of nitrogens with two attached hydrogens (primary N) is 1. The number of nitriles is 1. The number of anilines is 1. The smallest absolute Gasteiger partial charge is 0.278 e. The van der Waals surface area contributed by atoms with Crippen LogP contribution in [0, 0.1) is 11.3 Å². The topological polar surface area (TPSA) is 111 Å². The van der Waals surface area contributed by atoms with E-state index in [4.69, 9.17) is 5.73 Å². The molecule has 1 fully saturated rings. The van der Waals surface area contributed by atoms with Crippen LogP contribution in [0.1, 0.15) is 35.4 Å². The summed E-state index contributed by atoms with van der Waals surface area (Å²) in [4.78, 5) is 25.4. The molecule has 1 aliphatic heterocycles. The lowest BCUT2D eigenvalue weighted by Gasteiger charge is -2.33. The summed E-state index contributed by atoms with van der Waals surface area (Å²) in [5.41, 5.74) is 9.59. The lowest BCUT2D eigenvalue weighted by Crippen LogP contribution is -2.44. The van der Waals surface area contributed by atoms with Crippen molar-refractivity contribution in [3.05, 3.63) is 112 Å². The minimum atomic E-state index is -0.200. The standard InChI is InChI=1S/C30H30N8O/c31-16-25-27-28(38(18-23-10-5-2-6-11-23)29(25)36-14-7-12-24(32)19-36)30(39)37(21-34-27)20-26-33-13-15-35(26)17-22-8-3-1-4-9-22/h1-6,8-11,13,15,21,24H,7,12,14,17-20,32H2/t24-/m0/s1. The van der Waals surface area contributed by atoms with Gasteiger partial charge in [-0.05, 0) is 24.0 Å². The van der Waals surface area contributed by atoms with Crippen molar-refractivity contribution in [2.75, 3.05) is 18.0 Å². The number of piperidine rings is 1. The van der Waals surface area contributed by atoms with Crippen molar-refractivity contribution in [3.63, 3.8) is 0 Å². The minimum absolute atomic E-state index is 0.0153. The minimum Gasteiger partial charge on any atom is -0.355 e. The van der Waals surface area contributed by atoms with Gasteiger partial charge in [-0.25, -0.2) is 9.97 Å². The third-order valence-corrected chi connectivity index (χ3v) is 7.36. The molecule has 1 aliphatic rings. The maximum absolute atomic E-state index is 14.1. The van der Waals surface area contributed by atoms with Gasteiger partial charge in [0.25, 0.3) is 5.56 Å². The zero-order chi connectivity index (χ0) is 26.8. The number of hydrogen-bond acceptors (Lipinski definition) is 6. The van der Waals surface area contributed by atoms with Crippen molar-refractivity contribution in [2.24, 2.45) is 5.73 Å². The number of imidazole rings is 1. The van der Waals surface area contributed by atoms with Crippen molar-refractivity contribution in [1.29, 1.82) is 5.26 Å². The van der Waals surface area contributed by atoms with Gasteiger partial charge in [-0.1, -0.05) is 60.7 Å². The predicted octanol–water partition coefficient (Wildman–Crippen LogP) is 3.34. The lowest BCUT2D eigenvalue weighted by atomic mass is 10.1. The van der Waals surface area contributed by atoms with Gasteiger partial charge in [0.15, 0.2) is 0 Å². The fourth-order valence-electron chi connectivity index (χ4n) is 5.49. The van der Waals surface area contributed by atoms with E-state index in [1.54, 1.807) is 10.8 Å². The largest absolute Gasteiger partial charge is 0.355 e. The van der Waals surface area contributed by atoms with Crippen LogP contribution in [-0.2, 0) is 19.6 Å². The molecule has 9 nitrogen and oxygen atoms in total. The Balaban J connectivity index is 1.46. The van der Waals surface area contributed by atoms with E-state index < -0.39 is 0 Å². The van der Waals surface area contributed by atoms with Crippen LogP contribution in [0.2, 0.25) is 0 Å². The number of nitrogens with zero attached hydrogens (tertiary/aromatic N) is 7. The number of aromatic nitrogens is 5. The Bertz CT molecular complexity index is 1690. The van der Waals surface area contributed by atoms with E-state index >= 15 is 0 Å². The average Bonchev–Trinajstić information content (AvgIpc) is 3.53. The molecule has 1 atom stereocenters. The van der Waals surface area contributed by atoms with E-state index in [0.29, 0.717) is 36.2 Å². The number of benzene rings is 2. The van der Waals surface area contributed by atoms with Crippen LogP contribution in [0.5, 0.6) is 0 Å². The fraction of sp³-hybridized carbons (Fsp3) is 0.267. The fourth-order valence-corrected chi connectivity index (χ4v) is 5.49. The Kier molecular flexibility index (Phi) is 6.69. The first-order valence-electron chi connectivity index (χ1n) is 13.2. The zero-order valence-corrected chi connectivity index (χ0v) is 21.6. The molecule has 0 saturated carbocycles. The highest BCUT2D eigenvalue weighted by Crippen LogP contribution is 2.32. The number of hydrogen-bond donors (Lipinski definition) is 1. The molecule has 4 heterocycles. The molecule has 196 valence electrons. The van der Waals surface area contributed by atoms with Crippen LogP contribution >= 0.6 is 0 Å². The summed E-state index contributed by atoms with van der Waals surface area (Å²) >= 11 is 0. The molecule has 0 radical (unpaired) electrons. The van der Waals surface area contributed by atoms with Crippen LogP contribution in [0.25, 0.3) is 11.0 Å². The Morgan fingerprint density at radius 3 is 2.36 bits per heavy atom. The molecule has 2 N–H and O–H groups in total. The first kappa shape index (κ1) is 24.6. The van der Waals surface area contributed by atoms with Crippen molar-refractivity contribution in [2.45, 2.75) is 38.5 Å². The van der Waals surface area contributed by atoms with E-state index in [9.17, 15) is 10.1 Å². The van der Waals surface area contributed by atoms with E-state index in [0.717, 1.165) is 42.2 Å². The van der Waals surface area contributed by atoms with Crippen LogP contribution < -0.4 is 16.2 Å². The summed E-state index contributed by atoms with van der Waals surface area (Å²) < 4.78 is 5.58. The van der Waals surface area contributed by atoms with Gasteiger partial charge in [-0.3, -0.25) is 9.36 Å². The van der Waals surface area contributed by atoms with Crippen LogP contribution in [0.4, 0.5) is 5.82 Å². The maximum Gasteiger partial charge on any atom is 0.278 e. The Morgan fingerprint density at radius 1 is 0.949 bits per heavy atom. The molecule has 0 amide bonds. The number of rotatable bonds is 7. The van der Waals surface area contributed by atoms with Crippen LogP contribution in [0.3, 0.4) is 0 Å². The monoisotopic (exact) mass is 518 g/mol. The van der Waals surface area contributed by atoms with Crippen LogP contribution in [-0.4, -0.2) is 42.8 Å². The average molecular weight is 519 g/mol. The zero-order valence-electron chi connectivity index (χ0n) is 21.6. The summed E-state index contributed by atoms with van der Waals surface area (Å²) in [6, 6.07) is 22.5. The van der Waals surface area contributed by atoms with Crippen molar-refractivity contribution in [3.8, 4) is 6.07 Å². The molecule has 0 spiro atoms. The van der Waals surface area contributed by atoms with Gasteiger partial charge in [0.1, 0.15) is 34.3 Å². The lowest BCUT2D eigenvalue weighted by molar-refractivity contribution is 0.498. The molecule has 1 saturated heterocycles. The summed E-state index contributed by atoms with van der Waals surface area (Å²) in [7, 11) is 0. The van der Waals surface area contributed by atoms with Gasteiger partial charge in [0.05, 0.1) is 12.9 Å². The summed E-state index contributed by atoms with van der Waals surface area (Å²) in [6.45, 7) is 2.78. The molecular weight excluding hydrogens is 488 g/mol. The molecule has 0 bridgehead atoms. The van der Waals surface area contributed by atoms with Crippen LogP contribution in [0.15, 0.2) is 84.2 Å². The Morgan fingerprint density at radius 2 is 1.67 bits per heavy atom. The van der Waals surface area contributed by atoms with E-state index in [1.165, 1.54) is 6.33 Å². The van der Waals surface area contributed by atoms with Gasteiger partial charge in [-0.15, -0.1) is 0 Å². The van der Waals surface area contributed by atoms with Gasteiger partial charge >= 0.3 is 0 Å². The SMILES string of the molecule is N#Cc1c(N2CCC[C@H](N)C2)n(Cc2ccccc2)c2c(=O)n(Cc3nccn3Cc3ccccc3)cnc12. The summed E-state index contributed by atoms with van der Waals surface area (Å²) in [5.74, 6) is 1.48. The first-order valence-corrected chi connectivity index (χ1v) is 13.2. The Labute approximate surface area is 226 Å². The molecule has 3 aromatic heterocycles. The van der Waals surface area contributed by atoms with Crippen molar-refractivity contribution in [1.82, 2.24) is 23.7 Å². The normalized spacial score (nSPS) is 15.5. The predicted molar refractivity (Wildman–Crippen MR) is 151 cm³/mol. The maximum atomic E-state index is 14.1. The molecule has 9 heteroatoms. The highest BCUT2D eigenvalue weighted by atomic mass is 16.1. The van der Waals surface area contributed by atoms with E-state index in [1.807, 2.05) is 63.9 Å². The number of fused-ring (bicyclic) bond motifs is 1. The molecular formula is C30H30N8O. The third-order valence-electron chi connectivity index (χ3n) is 7.36. The second-order valence-electron chi connectivity index (χ2n) is 10.1. The van der Waals surface area contributed by atoms with Gasteiger partial charge in [0, 0.05) is 44.6 Å². The van der Waals surface area contributed by atoms with Gasteiger partial charge in [0.2, 0.25) is 0 Å². The van der Waals surface area contributed by atoms with Gasteiger partial charge < -0.3 is 19.8 Å². The summed E-state index contributed by atoms with van der Waals surface area (Å²) in [6.07, 6.45) is 7.08. The van der Waals surface area contributed by atoms with Crippen molar-refractivity contribution >= 4 is 16.9 Å². The second kappa shape index (κ2) is 10.6. The molecule has 2 aromatic carbocycles. The van der Waals surface area contributed by atoms with E-state index in [-0.39, 0.29) is 18.1 Å². The van der Waals surface area contributed by atoms with Gasteiger partial charge in [-0.2, -0.15) is 5.26 Å². The molecule has 6 rings (SSSR count). The van der Waals surface area contributed by atoms with E-state index in [2.05, 4.69) is 33.1 Å². The quantitative estimate of drug-likeness (QED) is 0.354. The Hall–Kier alpha value is -4.68. The first-order chi connectivity index (χ1) is 19.1. The van der Waals surface area contributed by atoms with Crippen molar-refractivity contribution < 1.29 is 0 Å². The highest BCUT2D eigenvalue weighted by molar-refractivity contribution is 5.89. The summed E-state index contributed by atoms with van der Waals surface area (Å²) in [5, 5.41) is 10.3. The molecule has 0 unspecified atom stereocenters. The third kappa shape index (κ3) is 4.82. The second-order valence-corrected chi connectivity index (χ2v) is 10.1. The highest BCUT2D eigenvalue weighted by Gasteiger charge is 2.28. The molecule has 5 aromatic rings. The molecule has 0 aliphatic carbocycles. The molecule has 39 heavy (non-hydrogen) atoms.